The number of methoxy groups -OCH3 is 1. The fourth-order valence-electron chi connectivity index (χ4n) is 3.37. The normalized spacial score (nSPS) is 13.0. The zero-order valence-corrected chi connectivity index (χ0v) is 18.2. The summed E-state index contributed by atoms with van der Waals surface area (Å²) in [6, 6.07) is 11.8. The lowest BCUT2D eigenvalue weighted by Gasteiger charge is -2.16. The Balaban J connectivity index is 1.57. The first-order valence-electron chi connectivity index (χ1n) is 9.78. The molecule has 1 N–H and O–H groups in total. The van der Waals surface area contributed by atoms with Gasteiger partial charge >= 0.3 is 0 Å². The van der Waals surface area contributed by atoms with Crippen molar-refractivity contribution in [1.29, 1.82) is 0 Å². The van der Waals surface area contributed by atoms with Crippen LogP contribution in [0.15, 0.2) is 47.8 Å². The molecule has 1 aliphatic rings. The molecular formula is C23H21N3O4S. The van der Waals surface area contributed by atoms with E-state index >= 15 is 0 Å². The quantitative estimate of drug-likeness (QED) is 0.583. The van der Waals surface area contributed by atoms with E-state index < -0.39 is 0 Å². The van der Waals surface area contributed by atoms with Crippen LogP contribution in [0, 0.1) is 0 Å². The number of rotatable bonds is 6. The number of thiazole rings is 1. The van der Waals surface area contributed by atoms with E-state index in [9.17, 15) is 14.4 Å². The molecule has 8 heteroatoms. The van der Waals surface area contributed by atoms with Gasteiger partial charge in [-0.15, -0.1) is 11.3 Å². The molecule has 2 aromatic carbocycles. The number of anilines is 1. The Hall–Kier alpha value is -3.52. The summed E-state index contributed by atoms with van der Waals surface area (Å²) >= 11 is 1.36. The molecule has 4 rings (SSSR count). The number of aromatic nitrogens is 1. The maximum Gasteiger partial charge on any atom is 0.261 e. The van der Waals surface area contributed by atoms with Gasteiger partial charge in [-0.25, -0.2) is 4.98 Å². The standard InChI is InChI=1S/C23H21N3O4S/c1-13(2)18-12-31-23(24-18)25-20(27)17-10-14(8-9-19(17)30-3)11-26-21(28)15-6-4-5-7-16(15)22(26)29/h4-10,12-13H,11H2,1-3H3,(H,24,25,27). The second-order valence-electron chi connectivity index (χ2n) is 7.46. The Morgan fingerprint density at radius 3 is 2.39 bits per heavy atom. The van der Waals surface area contributed by atoms with Gasteiger partial charge in [-0.2, -0.15) is 0 Å². The number of nitrogens with zero attached hydrogens (tertiary/aromatic N) is 2. The highest BCUT2D eigenvalue weighted by Crippen LogP contribution is 2.28. The molecule has 0 saturated heterocycles. The summed E-state index contributed by atoms with van der Waals surface area (Å²) in [6.45, 7) is 4.13. The molecule has 0 fully saturated rings. The zero-order chi connectivity index (χ0) is 22.1. The van der Waals surface area contributed by atoms with E-state index in [0.717, 1.165) is 5.69 Å². The van der Waals surface area contributed by atoms with Crippen molar-refractivity contribution >= 4 is 34.2 Å². The van der Waals surface area contributed by atoms with E-state index in [1.54, 1.807) is 42.5 Å². The number of hydrogen-bond acceptors (Lipinski definition) is 6. The minimum absolute atomic E-state index is 0.0609. The number of nitrogens with one attached hydrogen (secondary N) is 1. The van der Waals surface area contributed by atoms with Crippen LogP contribution >= 0.6 is 11.3 Å². The van der Waals surface area contributed by atoms with E-state index in [2.05, 4.69) is 10.3 Å². The maximum absolute atomic E-state index is 12.9. The third-order valence-electron chi connectivity index (χ3n) is 5.06. The largest absolute Gasteiger partial charge is 0.496 e. The van der Waals surface area contributed by atoms with Crippen molar-refractivity contribution in [1.82, 2.24) is 9.88 Å². The van der Waals surface area contributed by atoms with Crippen molar-refractivity contribution < 1.29 is 19.1 Å². The molecule has 3 aromatic rings. The minimum Gasteiger partial charge on any atom is -0.496 e. The average Bonchev–Trinajstić information content (AvgIpc) is 3.33. The molecule has 158 valence electrons. The summed E-state index contributed by atoms with van der Waals surface area (Å²) in [6.07, 6.45) is 0. The van der Waals surface area contributed by atoms with Crippen LogP contribution in [-0.4, -0.2) is 34.7 Å². The Kier molecular flexibility index (Phi) is 5.56. The van der Waals surface area contributed by atoms with Crippen molar-refractivity contribution in [2.24, 2.45) is 0 Å². The van der Waals surface area contributed by atoms with Crippen molar-refractivity contribution in [3.8, 4) is 5.75 Å². The van der Waals surface area contributed by atoms with Crippen molar-refractivity contribution in [3.63, 3.8) is 0 Å². The van der Waals surface area contributed by atoms with Crippen LogP contribution in [0.3, 0.4) is 0 Å². The van der Waals surface area contributed by atoms with Crippen LogP contribution in [0.25, 0.3) is 0 Å². The molecule has 0 aliphatic carbocycles. The Labute approximate surface area is 183 Å². The van der Waals surface area contributed by atoms with Crippen molar-refractivity contribution in [2.75, 3.05) is 12.4 Å². The average molecular weight is 436 g/mol. The molecule has 31 heavy (non-hydrogen) atoms. The number of carbonyl (C=O) groups is 3. The van der Waals surface area contributed by atoms with Gasteiger partial charge < -0.3 is 4.74 Å². The molecule has 2 heterocycles. The molecule has 0 unspecified atom stereocenters. The predicted octanol–water partition coefficient (Wildman–Crippen LogP) is 4.32. The fraction of sp³-hybridized carbons (Fsp3) is 0.217. The first-order chi connectivity index (χ1) is 14.9. The molecular weight excluding hydrogens is 414 g/mol. The second-order valence-corrected chi connectivity index (χ2v) is 8.32. The summed E-state index contributed by atoms with van der Waals surface area (Å²) in [7, 11) is 1.48. The SMILES string of the molecule is COc1ccc(CN2C(=O)c3ccccc3C2=O)cc1C(=O)Nc1nc(C(C)C)cs1. The fourth-order valence-corrected chi connectivity index (χ4v) is 4.24. The van der Waals surface area contributed by atoms with Crippen LogP contribution in [0.5, 0.6) is 5.75 Å². The van der Waals surface area contributed by atoms with E-state index in [0.29, 0.717) is 33.1 Å². The Morgan fingerprint density at radius 1 is 1.13 bits per heavy atom. The summed E-state index contributed by atoms with van der Waals surface area (Å²) in [4.78, 5) is 43.8. The number of amides is 3. The van der Waals surface area contributed by atoms with Crippen LogP contribution in [0.1, 0.15) is 62.1 Å². The van der Waals surface area contributed by atoms with Gasteiger partial charge in [-0.3, -0.25) is 24.6 Å². The van der Waals surface area contributed by atoms with Crippen LogP contribution < -0.4 is 10.1 Å². The highest BCUT2D eigenvalue weighted by atomic mass is 32.1. The predicted molar refractivity (Wildman–Crippen MR) is 118 cm³/mol. The first-order valence-corrected chi connectivity index (χ1v) is 10.7. The number of benzene rings is 2. The van der Waals surface area contributed by atoms with Crippen LogP contribution in [0.4, 0.5) is 5.13 Å². The smallest absolute Gasteiger partial charge is 0.261 e. The van der Waals surface area contributed by atoms with Gasteiger partial charge in [0, 0.05) is 5.38 Å². The lowest BCUT2D eigenvalue weighted by Crippen LogP contribution is -2.29. The van der Waals surface area contributed by atoms with Gasteiger partial charge in [0.2, 0.25) is 0 Å². The monoisotopic (exact) mass is 435 g/mol. The Morgan fingerprint density at radius 2 is 1.81 bits per heavy atom. The molecule has 7 nitrogen and oxygen atoms in total. The van der Waals surface area contributed by atoms with Crippen molar-refractivity contribution in [3.05, 3.63) is 75.8 Å². The molecule has 0 saturated carbocycles. The molecule has 1 aromatic heterocycles. The van der Waals surface area contributed by atoms with Gasteiger partial charge in [0.05, 0.1) is 36.0 Å². The number of imide groups is 1. The van der Waals surface area contributed by atoms with Gasteiger partial charge in [-0.1, -0.05) is 32.0 Å². The molecule has 1 aliphatic heterocycles. The van der Waals surface area contributed by atoms with E-state index in [-0.39, 0.29) is 30.2 Å². The summed E-state index contributed by atoms with van der Waals surface area (Å²) in [5.41, 5.74) is 2.64. The number of fused-ring (bicyclic) bond motifs is 1. The molecule has 0 spiro atoms. The van der Waals surface area contributed by atoms with Gasteiger partial charge in [0.1, 0.15) is 5.75 Å². The molecule has 0 atom stereocenters. The van der Waals surface area contributed by atoms with Crippen LogP contribution in [-0.2, 0) is 6.54 Å². The lowest BCUT2D eigenvalue weighted by molar-refractivity contribution is 0.0642. The maximum atomic E-state index is 12.9. The first kappa shape index (κ1) is 20.7. The van der Waals surface area contributed by atoms with E-state index in [1.165, 1.54) is 23.3 Å². The van der Waals surface area contributed by atoms with Gasteiger partial charge in [-0.05, 0) is 35.7 Å². The molecule has 3 amide bonds. The number of hydrogen-bond donors (Lipinski definition) is 1. The van der Waals surface area contributed by atoms with Crippen LogP contribution in [0.2, 0.25) is 0 Å². The van der Waals surface area contributed by atoms with Gasteiger partial charge in [0.15, 0.2) is 5.13 Å². The lowest BCUT2D eigenvalue weighted by atomic mass is 10.1. The van der Waals surface area contributed by atoms with E-state index in [4.69, 9.17) is 4.74 Å². The summed E-state index contributed by atoms with van der Waals surface area (Å²) < 4.78 is 5.34. The van der Waals surface area contributed by atoms with E-state index in [1.807, 2.05) is 19.2 Å². The third kappa shape index (κ3) is 3.94. The number of ether oxygens (including phenoxy) is 1. The highest BCUT2D eigenvalue weighted by Gasteiger charge is 2.35. The Bertz CT molecular complexity index is 1150. The molecule has 0 radical (unpaired) electrons. The number of carbonyl (C=O) groups excluding carboxylic acids is 3. The molecule has 0 bridgehead atoms. The van der Waals surface area contributed by atoms with Crippen molar-refractivity contribution in [2.45, 2.75) is 26.3 Å². The zero-order valence-electron chi connectivity index (χ0n) is 17.3. The summed E-state index contributed by atoms with van der Waals surface area (Å²) in [5, 5.41) is 5.22. The summed E-state index contributed by atoms with van der Waals surface area (Å²) in [5.74, 6) is -0.396. The second kappa shape index (κ2) is 8.31. The minimum atomic E-state index is -0.370. The topological polar surface area (TPSA) is 88.6 Å². The van der Waals surface area contributed by atoms with Gasteiger partial charge in [0.25, 0.3) is 17.7 Å². The third-order valence-corrected chi connectivity index (χ3v) is 5.84. The highest BCUT2D eigenvalue weighted by molar-refractivity contribution is 7.14.